The van der Waals surface area contributed by atoms with Gasteiger partial charge in [-0.15, -0.1) is 0 Å². The Labute approximate surface area is 109 Å². The van der Waals surface area contributed by atoms with Crippen LogP contribution in [0.1, 0.15) is 23.1 Å². The Hall–Kier alpha value is -2.57. The van der Waals surface area contributed by atoms with Crippen LogP contribution in [-0.4, -0.2) is 22.7 Å². The van der Waals surface area contributed by atoms with Gasteiger partial charge in [-0.2, -0.15) is 4.98 Å². The predicted octanol–water partition coefficient (Wildman–Crippen LogP) is 1.44. The number of anilines is 2. The topological polar surface area (TPSA) is 103 Å². The summed E-state index contributed by atoms with van der Waals surface area (Å²) in [6.07, 6.45) is 1.25. The number of hydrogen-bond acceptors (Lipinski definition) is 7. The second-order valence-corrected chi connectivity index (χ2v) is 3.72. The standard InChI is InChI=1S/C12H14N4O3/c1-2-18-12(17)9-5-8(3-4-10(9)13)14-6-11-15-7-19-16-11/h3-5,7,14H,2,6,13H2,1H3. The summed E-state index contributed by atoms with van der Waals surface area (Å²) in [7, 11) is 0. The van der Waals surface area contributed by atoms with E-state index in [0.29, 0.717) is 30.2 Å². The minimum atomic E-state index is -0.441. The zero-order valence-electron chi connectivity index (χ0n) is 10.4. The number of carbonyl (C=O) groups excluding carboxylic acids is 1. The zero-order chi connectivity index (χ0) is 13.7. The van der Waals surface area contributed by atoms with Crippen molar-refractivity contribution in [1.29, 1.82) is 0 Å². The van der Waals surface area contributed by atoms with Crippen LogP contribution in [0.5, 0.6) is 0 Å². The van der Waals surface area contributed by atoms with Crippen LogP contribution in [0.3, 0.4) is 0 Å². The molecule has 1 heterocycles. The minimum absolute atomic E-state index is 0.304. The molecule has 0 saturated carbocycles. The molecule has 100 valence electrons. The minimum Gasteiger partial charge on any atom is -0.462 e. The summed E-state index contributed by atoms with van der Waals surface area (Å²) in [6, 6.07) is 5.04. The highest BCUT2D eigenvalue weighted by atomic mass is 16.5. The molecule has 0 unspecified atom stereocenters. The Morgan fingerprint density at radius 1 is 1.53 bits per heavy atom. The monoisotopic (exact) mass is 262 g/mol. The molecule has 7 nitrogen and oxygen atoms in total. The van der Waals surface area contributed by atoms with Gasteiger partial charge in [0.05, 0.1) is 18.7 Å². The lowest BCUT2D eigenvalue weighted by molar-refractivity contribution is 0.0527. The number of rotatable bonds is 5. The lowest BCUT2D eigenvalue weighted by atomic mass is 10.1. The smallest absolute Gasteiger partial charge is 0.340 e. The summed E-state index contributed by atoms with van der Waals surface area (Å²) in [6.45, 7) is 2.44. The van der Waals surface area contributed by atoms with Crippen molar-refractivity contribution in [2.45, 2.75) is 13.5 Å². The molecular formula is C12H14N4O3. The summed E-state index contributed by atoms with van der Waals surface area (Å²) >= 11 is 0. The van der Waals surface area contributed by atoms with Gasteiger partial charge >= 0.3 is 5.97 Å². The molecule has 0 amide bonds. The van der Waals surface area contributed by atoms with Gasteiger partial charge < -0.3 is 20.3 Å². The van der Waals surface area contributed by atoms with Gasteiger partial charge in [0.25, 0.3) is 0 Å². The number of nitrogens with one attached hydrogen (secondary N) is 1. The van der Waals surface area contributed by atoms with E-state index in [1.165, 1.54) is 6.39 Å². The number of nitrogen functional groups attached to an aromatic ring is 1. The number of esters is 1. The molecule has 0 aliphatic carbocycles. The molecule has 1 aromatic heterocycles. The van der Waals surface area contributed by atoms with Crippen molar-refractivity contribution in [1.82, 2.24) is 10.1 Å². The summed E-state index contributed by atoms with van der Waals surface area (Å²) in [5.41, 5.74) is 7.18. The maximum atomic E-state index is 11.7. The van der Waals surface area contributed by atoms with Crippen LogP contribution in [0.15, 0.2) is 29.1 Å². The predicted molar refractivity (Wildman–Crippen MR) is 68.4 cm³/mol. The normalized spacial score (nSPS) is 10.2. The Kier molecular flexibility index (Phi) is 3.97. The average Bonchev–Trinajstić information content (AvgIpc) is 2.91. The van der Waals surface area contributed by atoms with Crippen LogP contribution in [0.4, 0.5) is 11.4 Å². The molecule has 0 aliphatic heterocycles. The fourth-order valence-corrected chi connectivity index (χ4v) is 1.50. The molecule has 19 heavy (non-hydrogen) atoms. The Morgan fingerprint density at radius 2 is 2.37 bits per heavy atom. The van der Waals surface area contributed by atoms with E-state index < -0.39 is 5.97 Å². The second-order valence-electron chi connectivity index (χ2n) is 3.72. The Balaban J connectivity index is 2.09. The van der Waals surface area contributed by atoms with Crippen molar-refractivity contribution < 1.29 is 14.1 Å². The number of aromatic nitrogens is 2. The van der Waals surface area contributed by atoms with E-state index in [-0.39, 0.29) is 0 Å². The lowest BCUT2D eigenvalue weighted by Gasteiger charge is -2.09. The van der Waals surface area contributed by atoms with Gasteiger partial charge in [0.1, 0.15) is 0 Å². The van der Waals surface area contributed by atoms with Crippen LogP contribution in [0.25, 0.3) is 0 Å². The third-order valence-corrected chi connectivity index (χ3v) is 2.41. The lowest BCUT2D eigenvalue weighted by Crippen LogP contribution is -2.09. The number of nitrogens with zero attached hydrogens (tertiary/aromatic N) is 2. The summed E-state index contributed by atoms with van der Waals surface area (Å²) in [5.74, 6) is 0.0812. The van der Waals surface area contributed by atoms with Gasteiger partial charge in [0.2, 0.25) is 6.39 Å². The van der Waals surface area contributed by atoms with Crippen molar-refractivity contribution in [3.63, 3.8) is 0 Å². The third-order valence-electron chi connectivity index (χ3n) is 2.41. The fourth-order valence-electron chi connectivity index (χ4n) is 1.50. The quantitative estimate of drug-likeness (QED) is 0.620. The number of ether oxygens (including phenoxy) is 1. The van der Waals surface area contributed by atoms with E-state index in [4.69, 9.17) is 10.5 Å². The van der Waals surface area contributed by atoms with Crippen LogP contribution < -0.4 is 11.1 Å². The van der Waals surface area contributed by atoms with Gasteiger partial charge in [-0.1, -0.05) is 5.16 Å². The van der Waals surface area contributed by atoms with E-state index >= 15 is 0 Å². The largest absolute Gasteiger partial charge is 0.462 e. The van der Waals surface area contributed by atoms with Crippen LogP contribution in [0, 0.1) is 0 Å². The van der Waals surface area contributed by atoms with Gasteiger partial charge in [0, 0.05) is 11.4 Å². The number of nitrogens with two attached hydrogens (primary N) is 1. The van der Waals surface area contributed by atoms with Crippen molar-refractivity contribution in [3.8, 4) is 0 Å². The Morgan fingerprint density at radius 3 is 3.05 bits per heavy atom. The van der Waals surface area contributed by atoms with Crippen LogP contribution >= 0.6 is 0 Å². The molecule has 0 spiro atoms. The highest BCUT2D eigenvalue weighted by Gasteiger charge is 2.11. The molecule has 7 heteroatoms. The molecule has 0 bridgehead atoms. The van der Waals surface area contributed by atoms with Crippen LogP contribution in [-0.2, 0) is 11.3 Å². The first-order valence-corrected chi connectivity index (χ1v) is 5.76. The van der Waals surface area contributed by atoms with E-state index in [1.54, 1.807) is 25.1 Å². The molecule has 2 rings (SSSR count). The van der Waals surface area contributed by atoms with E-state index in [0.717, 1.165) is 5.69 Å². The van der Waals surface area contributed by atoms with E-state index in [1.807, 2.05) is 0 Å². The van der Waals surface area contributed by atoms with Crippen molar-refractivity contribution in [2.75, 3.05) is 17.7 Å². The van der Waals surface area contributed by atoms with Crippen molar-refractivity contribution in [3.05, 3.63) is 36.0 Å². The van der Waals surface area contributed by atoms with Gasteiger partial charge in [0.15, 0.2) is 5.82 Å². The molecule has 2 aromatic rings. The second kappa shape index (κ2) is 5.85. The summed E-state index contributed by atoms with van der Waals surface area (Å²) in [4.78, 5) is 15.6. The molecule has 0 saturated heterocycles. The van der Waals surface area contributed by atoms with E-state index in [2.05, 4.69) is 20.0 Å². The molecular weight excluding hydrogens is 248 g/mol. The molecule has 1 aromatic carbocycles. The maximum Gasteiger partial charge on any atom is 0.340 e. The van der Waals surface area contributed by atoms with Gasteiger partial charge in [-0.25, -0.2) is 4.79 Å². The third kappa shape index (κ3) is 3.21. The van der Waals surface area contributed by atoms with Crippen LogP contribution in [0.2, 0.25) is 0 Å². The Bertz CT molecular complexity index is 554. The number of carbonyl (C=O) groups is 1. The molecule has 0 fully saturated rings. The first-order valence-electron chi connectivity index (χ1n) is 5.76. The molecule has 0 atom stereocenters. The average molecular weight is 262 g/mol. The fraction of sp³-hybridized carbons (Fsp3) is 0.250. The molecule has 0 radical (unpaired) electrons. The highest BCUT2D eigenvalue weighted by Crippen LogP contribution is 2.19. The van der Waals surface area contributed by atoms with Crippen molar-refractivity contribution >= 4 is 17.3 Å². The highest BCUT2D eigenvalue weighted by molar-refractivity contribution is 5.96. The zero-order valence-corrected chi connectivity index (χ0v) is 10.4. The van der Waals surface area contributed by atoms with Gasteiger partial charge in [-0.05, 0) is 25.1 Å². The first-order chi connectivity index (χ1) is 9.20. The van der Waals surface area contributed by atoms with Gasteiger partial charge in [-0.3, -0.25) is 0 Å². The number of hydrogen-bond donors (Lipinski definition) is 2. The van der Waals surface area contributed by atoms with Crippen molar-refractivity contribution in [2.24, 2.45) is 0 Å². The first kappa shape index (κ1) is 12.9. The number of benzene rings is 1. The summed E-state index contributed by atoms with van der Waals surface area (Å²) < 4.78 is 9.55. The molecule has 3 N–H and O–H groups in total. The SMILES string of the molecule is CCOC(=O)c1cc(NCc2ncon2)ccc1N. The maximum absolute atomic E-state index is 11.7. The summed E-state index contributed by atoms with van der Waals surface area (Å²) in [5, 5.41) is 6.73. The van der Waals surface area contributed by atoms with E-state index in [9.17, 15) is 4.79 Å². The molecule has 0 aliphatic rings.